The monoisotopic (exact) mass is 403 g/mol. The van der Waals surface area contributed by atoms with Crippen LogP contribution >= 0.6 is 0 Å². The van der Waals surface area contributed by atoms with Gasteiger partial charge in [-0.05, 0) is 36.6 Å². The minimum atomic E-state index is 0.0585. The van der Waals surface area contributed by atoms with Gasteiger partial charge in [0.25, 0.3) is 0 Å². The smallest absolute Gasteiger partial charge is 0.223 e. The predicted molar refractivity (Wildman–Crippen MR) is 124 cm³/mol. The van der Waals surface area contributed by atoms with E-state index < -0.39 is 0 Å². The lowest BCUT2D eigenvalue weighted by molar-refractivity contribution is -0.133. The van der Waals surface area contributed by atoms with E-state index in [2.05, 4.69) is 84.2 Å². The Balaban J connectivity index is 1.66. The number of piperazine rings is 1. The van der Waals surface area contributed by atoms with Crippen molar-refractivity contribution in [3.05, 3.63) is 70.9 Å². The minimum Gasteiger partial charge on any atom is -0.361 e. The van der Waals surface area contributed by atoms with Crippen LogP contribution in [0.1, 0.15) is 48.4 Å². The van der Waals surface area contributed by atoms with Gasteiger partial charge in [0.15, 0.2) is 0 Å². The zero-order valence-corrected chi connectivity index (χ0v) is 18.4. The van der Waals surface area contributed by atoms with Gasteiger partial charge in [0.1, 0.15) is 0 Å². The van der Waals surface area contributed by atoms with Gasteiger partial charge in [0.2, 0.25) is 5.91 Å². The fourth-order valence-corrected chi connectivity index (χ4v) is 4.65. The molecule has 1 aliphatic heterocycles. The maximum Gasteiger partial charge on any atom is 0.223 e. The van der Waals surface area contributed by atoms with Crippen LogP contribution in [0.25, 0.3) is 10.9 Å². The number of benzene rings is 2. The van der Waals surface area contributed by atoms with Crippen LogP contribution in [0.4, 0.5) is 0 Å². The van der Waals surface area contributed by atoms with Crippen LogP contribution in [0.3, 0.4) is 0 Å². The number of nitrogens with one attached hydrogen (secondary N) is 1. The fraction of sp³-hybridized carbons (Fsp3) is 0.423. The molecular formula is C26H33N3O. The zero-order chi connectivity index (χ0) is 21.1. The summed E-state index contributed by atoms with van der Waals surface area (Å²) < 4.78 is 0. The van der Waals surface area contributed by atoms with E-state index in [0.717, 1.165) is 39.1 Å². The molecule has 4 heteroatoms. The summed E-state index contributed by atoms with van der Waals surface area (Å²) in [4.78, 5) is 21.3. The number of H-pyrrole nitrogens is 1. The molecule has 0 saturated carbocycles. The minimum absolute atomic E-state index is 0.0585. The molecule has 0 aliphatic carbocycles. The molecule has 1 fully saturated rings. The molecule has 158 valence electrons. The Kier molecular flexibility index (Phi) is 6.24. The van der Waals surface area contributed by atoms with E-state index in [0.29, 0.717) is 6.42 Å². The molecule has 4 nitrogen and oxygen atoms in total. The number of hydrogen-bond donors (Lipinski definition) is 1. The number of nitrogens with zero attached hydrogens (tertiary/aromatic N) is 2. The van der Waals surface area contributed by atoms with Crippen molar-refractivity contribution in [3.63, 3.8) is 0 Å². The Hall–Kier alpha value is -2.59. The van der Waals surface area contributed by atoms with Crippen LogP contribution in [-0.4, -0.2) is 53.4 Å². The summed E-state index contributed by atoms with van der Waals surface area (Å²) in [6.07, 6.45) is 3.63. The van der Waals surface area contributed by atoms with E-state index >= 15 is 0 Å². The molecule has 3 aromatic rings. The number of amides is 1. The van der Waals surface area contributed by atoms with Crippen LogP contribution in [0.2, 0.25) is 0 Å². The highest BCUT2D eigenvalue weighted by Crippen LogP contribution is 2.35. The first-order valence-corrected chi connectivity index (χ1v) is 11.3. The van der Waals surface area contributed by atoms with E-state index in [9.17, 15) is 4.79 Å². The Bertz CT molecular complexity index is 997. The van der Waals surface area contributed by atoms with Crippen LogP contribution in [0.5, 0.6) is 0 Å². The first-order valence-electron chi connectivity index (χ1n) is 11.3. The summed E-state index contributed by atoms with van der Waals surface area (Å²) in [6.45, 7) is 11.2. The molecule has 1 aromatic heterocycles. The van der Waals surface area contributed by atoms with Gasteiger partial charge in [-0.25, -0.2) is 0 Å². The second kappa shape index (κ2) is 9.05. The Morgan fingerprint density at radius 2 is 1.77 bits per heavy atom. The van der Waals surface area contributed by atoms with Gasteiger partial charge in [0.05, 0.1) is 0 Å². The van der Waals surface area contributed by atoms with Crippen molar-refractivity contribution in [2.24, 2.45) is 0 Å². The zero-order valence-electron chi connectivity index (χ0n) is 18.4. The second-order valence-corrected chi connectivity index (χ2v) is 8.42. The highest BCUT2D eigenvalue weighted by Gasteiger charge is 2.26. The van der Waals surface area contributed by atoms with E-state index in [1.54, 1.807) is 0 Å². The van der Waals surface area contributed by atoms with Gasteiger partial charge in [-0.3, -0.25) is 4.79 Å². The molecule has 1 N–H and O–H groups in total. The molecule has 1 amide bonds. The lowest BCUT2D eigenvalue weighted by Crippen LogP contribution is -2.48. The number of aromatic nitrogens is 1. The van der Waals surface area contributed by atoms with Crippen molar-refractivity contribution < 1.29 is 4.79 Å². The van der Waals surface area contributed by atoms with Crippen molar-refractivity contribution in [1.82, 2.24) is 14.8 Å². The first-order chi connectivity index (χ1) is 14.6. The van der Waals surface area contributed by atoms with Gasteiger partial charge in [0, 0.05) is 55.6 Å². The van der Waals surface area contributed by atoms with Gasteiger partial charge in [-0.2, -0.15) is 0 Å². The molecule has 0 radical (unpaired) electrons. The molecule has 30 heavy (non-hydrogen) atoms. The predicted octanol–water partition coefficient (Wildman–Crippen LogP) is 4.72. The van der Waals surface area contributed by atoms with E-state index in [1.807, 2.05) is 0 Å². The number of fused-ring (bicyclic) bond motifs is 1. The molecule has 1 unspecified atom stereocenters. The first kappa shape index (κ1) is 20.7. The molecule has 1 saturated heterocycles. The summed E-state index contributed by atoms with van der Waals surface area (Å²) in [5.74, 6) is 0.320. The molecule has 4 rings (SSSR count). The van der Waals surface area contributed by atoms with Crippen molar-refractivity contribution in [2.45, 2.75) is 39.5 Å². The van der Waals surface area contributed by atoms with Gasteiger partial charge in [-0.15, -0.1) is 0 Å². The van der Waals surface area contributed by atoms with Crippen LogP contribution in [0, 0.1) is 6.92 Å². The molecule has 0 spiro atoms. The average Bonchev–Trinajstić information content (AvgIpc) is 3.22. The topological polar surface area (TPSA) is 39.3 Å². The van der Waals surface area contributed by atoms with Gasteiger partial charge < -0.3 is 14.8 Å². The van der Waals surface area contributed by atoms with Gasteiger partial charge in [-0.1, -0.05) is 61.9 Å². The third kappa shape index (κ3) is 4.15. The summed E-state index contributed by atoms with van der Waals surface area (Å²) in [6, 6.07) is 15.2. The third-order valence-electron chi connectivity index (χ3n) is 6.62. The molecule has 1 atom stereocenters. The number of carbonyl (C=O) groups is 1. The van der Waals surface area contributed by atoms with Crippen LogP contribution in [0.15, 0.2) is 48.7 Å². The van der Waals surface area contributed by atoms with Crippen molar-refractivity contribution >= 4 is 16.8 Å². The molecule has 2 heterocycles. The highest BCUT2D eigenvalue weighted by molar-refractivity contribution is 5.88. The van der Waals surface area contributed by atoms with Crippen LogP contribution < -0.4 is 0 Å². The van der Waals surface area contributed by atoms with Crippen LogP contribution in [-0.2, 0) is 11.2 Å². The van der Waals surface area contributed by atoms with E-state index in [1.165, 1.54) is 33.2 Å². The third-order valence-corrected chi connectivity index (χ3v) is 6.62. The van der Waals surface area contributed by atoms with Crippen molar-refractivity contribution in [1.29, 1.82) is 0 Å². The Morgan fingerprint density at radius 1 is 1.03 bits per heavy atom. The largest absolute Gasteiger partial charge is 0.361 e. The quantitative estimate of drug-likeness (QED) is 0.647. The summed E-state index contributed by atoms with van der Waals surface area (Å²) in [7, 11) is 0. The number of aryl methyl sites for hydroxylation is 2. The van der Waals surface area contributed by atoms with Crippen molar-refractivity contribution in [2.75, 3.05) is 32.7 Å². The number of carbonyl (C=O) groups excluding carboxylic acids is 1. The molecule has 0 bridgehead atoms. The number of aromatic amines is 1. The maximum absolute atomic E-state index is 13.3. The molecular weight excluding hydrogens is 370 g/mol. The van der Waals surface area contributed by atoms with Crippen molar-refractivity contribution in [3.8, 4) is 0 Å². The SMILES string of the molecule is CCc1cccc2c(C(CC(=O)N3CCN(CC)CC3)c3ccc(C)cc3)c[nH]c12. The molecule has 1 aliphatic rings. The Morgan fingerprint density at radius 3 is 2.43 bits per heavy atom. The number of likely N-dealkylation sites (N-methyl/N-ethyl adjacent to an activating group) is 1. The number of para-hydroxylation sites is 1. The summed E-state index contributed by atoms with van der Waals surface area (Å²) >= 11 is 0. The highest BCUT2D eigenvalue weighted by atomic mass is 16.2. The average molecular weight is 404 g/mol. The second-order valence-electron chi connectivity index (χ2n) is 8.42. The molecule has 2 aromatic carbocycles. The lowest BCUT2D eigenvalue weighted by atomic mass is 9.87. The summed E-state index contributed by atoms with van der Waals surface area (Å²) in [5.41, 5.74) is 6.21. The summed E-state index contributed by atoms with van der Waals surface area (Å²) in [5, 5.41) is 1.24. The normalized spacial score (nSPS) is 16.2. The number of rotatable bonds is 6. The Labute approximate surface area is 179 Å². The van der Waals surface area contributed by atoms with E-state index in [-0.39, 0.29) is 11.8 Å². The van der Waals surface area contributed by atoms with E-state index in [4.69, 9.17) is 0 Å². The maximum atomic E-state index is 13.3. The lowest BCUT2D eigenvalue weighted by Gasteiger charge is -2.34. The number of hydrogen-bond acceptors (Lipinski definition) is 2. The standard InChI is InChI=1S/C26H33N3O/c1-4-20-7-6-8-22-24(18-27-26(20)22)23(21-11-9-19(3)10-12-21)17-25(30)29-15-13-28(5-2)14-16-29/h6-12,18,23,27H,4-5,13-17H2,1-3H3. The fourth-order valence-electron chi connectivity index (χ4n) is 4.65. The van der Waals surface area contributed by atoms with Gasteiger partial charge >= 0.3 is 0 Å².